The molecule has 0 bridgehead atoms. The van der Waals surface area contributed by atoms with E-state index in [2.05, 4.69) is 149 Å². The fourth-order valence-electron chi connectivity index (χ4n) is 6.70. The van der Waals surface area contributed by atoms with Crippen LogP contribution in [0.25, 0.3) is 28.0 Å². The minimum Gasteiger partial charge on any atom is -0.252 e. The lowest BCUT2D eigenvalue weighted by Gasteiger charge is -2.21. The lowest BCUT2D eigenvalue weighted by molar-refractivity contribution is 0.968. The smallest absolute Gasteiger partial charge is 0.0718 e. The van der Waals surface area contributed by atoms with E-state index in [1.807, 2.05) is 30.4 Å². The van der Waals surface area contributed by atoms with Crippen LogP contribution in [0.4, 0.5) is 0 Å². The third kappa shape index (κ3) is 7.67. The van der Waals surface area contributed by atoms with E-state index in [9.17, 15) is 0 Å². The zero-order valence-electron chi connectivity index (χ0n) is 29.1. The summed E-state index contributed by atoms with van der Waals surface area (Å²) in [5, 5.41) is 0. The standard InChI is InChI=1S/C49H43N/c1-6-19-38(7-2)36(4)32-49(40-22-12-9-13-23-40)50-37(5)41-24-18-25-42(33-41)45-27-15-16-28-46(45)43-31-30-39-21-11-8-10-20-35(3)44-26-14-17-29-47(44)48(39)34-43/h6-8,10-12,14-15,17-20,22-27,29-35H,1-2,4,16,21,28H2,3,5H3/b11-8-,20-10-,38-19+,49-32-,50-37?. The van der Waals surface area contributed by atoms with Crippen LogP contribution in [0.2, 0.25) is 0 Å². The summed E-state index contributed by atoms with van der Waals surface area (Å²) in [6.45, 7) is 16.4. The second-order valence-electron chi connectivity index (χ2n) is 12.7. The molecule has 1 nitrogen and oxygen atoms in total. The van der Waals surface area contributed by atoms with Gasteiger partial charge in [-0.2, -0.15) is 0 Å². The molecule has 0 saturated heterocycles. The highest BCUT2D eigenvalue weighted by Crippen LogP contribution is 2.39. The van der Waals surface area contributed by atoms with Crippen LogP contribution >= 0.6 is 0 Å². The van der Waals surface area contributed by atoms with Gasteiger partial charge in [-0.15, -0.1) is 0 Å². The van der Waals surface area contributed by atoms with Gasteiger partial charge in [-0.1, -0.05) is 148 Å². The molecule has 0 aliphatic heterocycles. The molecule has 4 aromatic rings. The first-order valence-electron chi connectivity index (χ1n) is 17.3. The van der Waals surface area contributed by atoms with Gasteiger partial charge in [0.2, 0.25) is 0 Å². The molecule has 0 saturated carbocycles. The first kappa shape index (κ1) is 33.9. The number of allylic oxidation sites excluding steroid dienone is 14. The van der Waals surface area contributed by atoms with Crippen LogP contribution in [0.1, 0.15) is 66.0 Å². The normalized spacial score (nSPS) is 17.6. The van der Waals surface area contributed by atoms with Gasteiger partial charge in [0.25, 0.3) is 0 Å². The van der Waals surface area contributed by atoms with Gasteiger partial charge in [-0.05, 0) is 130 Å². The van der Waals surface area contributed by atoms with Gasteiger partial charge >= 0.3 is 0 Å². The number of aliphatic imine (C=N–C) groups is 1. The van der Waals surface area contributed by atoms with E-state index in [0.717, 1.165) is 52.9 Å². The second kappa shape index (κ2) is 16.0. The molecule has 244 valence electrons. The molecule has 1 heteroatoms. The molecule has 1 atom stereocenters. The highest BCUT2D eigenvalue weighted by atomic mass is 14.8. The van der Waals surface area contributed by atoms with E-state index in [1.165, 1.54) is 44.5 Å². The predicted octanol–water partition coefficient (Wildman–Crippen LogP) is 12.7. The summed E-state index contributed by atoms with van der Waals surface area (Å²) in [7, 11) is 0. The lowest BCUT2D eigenvalue weighted by atomic mass is 9.83. The minimum atomic E-state index is 0.324. The fraction of sp³-hybridized carbons (Fsp3) is 0.122. The van der Waals surface area contributed by atoms with Crippen molar-refractivity contribution in [3.8, 4) is 11.1 Å². The Hall–Kier alpha value is -5.97. The van der Waals surface area contributed by atoms with Gasteiger partial charge in [0.05, 0.1) is 5.70 Å². The Balaban J connectivity index is 1.42. The van der Waals surface area contributed by atoms with E-state index in [1.54, 1.807) is 12.2 Å². The predicted molar refractivity (Wildman–Crippen MR) is 216 cm³/mol. The van der Waals surface area contributed by atoms with Crippen molar-refractivity contribution in [1.29, 1.82) is 0 Å². The summed E-state index contributed by atoms with van der Waals surface area (Å²) in [5.41, 5.74) is 15.9. The largest absolute Gasteiger partial charge is 0.252 e. The molecule has 50 heavy (non-hydrogen) atoms. The maximum absolute atomic E-state index is 5.16. The van der Waals surface area contributed by atoms with Crippen molar-refractivity contribution in [3.05, 3.63) is 222 Å². The first-order valence-corrected chi connectivity index (χ1v) is 17.3. The third-order valence-electron chi connectivity index (χ3n) is 9.39. The van der Waals surface area contributed by atoms with E-state index in [4.69, 9.17) is 4.99 Å². The van der Waals surface area contributed by atoms with Crippen molar-refractivity contribution >= 4 is 22.6 Å². The van der Waals surface area contributed by atoms with Gasteiger partial charge < -0.3 is 0 Å². The SMILES string of the molecule is C=C/C=C(\C=C)C(=C)/C=C(\N=C(C)c1cccc(C2=C(c3ccc4c(c3)-c3ccccc3C(C)/C=C\C=C/C4)CCC=C2)c1)c1cc#ccc1. The Morgan fingerprint density at radius 1 is 0.880 bits per heavy atom. The van der Waals surface area contributed by atoms with E-state index in [-0.39, 0.29) is 0 Å². The molecule has 0 amide bonds. The zero-order valence-corrected chi connectivity index (χ0v) is 29.1. The molecule has 2 aliphatic rings. The summed E-state index contributed by atoms with van der Waals surface area (Å²) < 4.78 is 0. The lowest BCUT2D eigenvalue weighted by Crippen LogP contribution is -2.01. The fourth-order valence-corrected chi connectivity index (χ4v) is 6.70. The quantitative estimate of drug-likeness (QED) is 0.127. The molecule has 0 aromatic heterocycles. The minimum absolute atomic E-state index is 0.324. The van der Waals surface area contributed by atoms with Crippen molar-refractivity contribution in [1.82, 2.24) is 0 Å². The number of fused-ring (bicyclic) bond motifs is 3. The average Bonchev–Trinajstić information content (AvgIpc) is 3.16. The van der Waals surface area contributed by atoms with Crippen molar-refractivity contribution in [2.75, 3.05) is 0 Å². The van der Waals surface area contributed by atoms with Crippen LogP contribution in [-0.2, 0) is 6.42 Å². The highest BCUT2D eigenvalue weighted by Gasteiger charge is 2.18. The summed E-state index contributed by atoms with van der Waals surface area (Å²) in [5.74, 6) is 0.324. The van der Waals surface area contributed by atoms with Gasteiger partial charge in [-0.3, -0.25) is 4.99 Å². The Kier molecular flexibility index (Phi) is 10.8. The van der Waals surface area contributed by atoms with Gasteiger partial charge in [0.15, 0.2) is 0 Å². The number of hydrogen-bond donors (Lipinski definition) is 0. The van der Waals surface area contributed by atoms with Crippen molar-refractivity contribution in [2.45, 2.75) is 39.0 Å². The van der Waals surface area contributed by atoms with Crippen molar-refractivity contribution < 1.29 is 0 Å². The Labute approximate surface area is 298 Å². The van der Waals surface area contributed by atoms with Crippen LogP contribution in [-0.4, -0.2) is 5.71 Å². The molecule has 6 rings (SSSR count). The molecule has 0 spiro atoms. The van der Waals surface area contributed by atoms with Crippen LogP contribution in [0.3, 0.4) is 0 Å². The summed E-state index contributed by atoms with van der Waals surface area (Å²) >= 11 is 0. The Morgan fingerprint density at radius 3 is 2.58 bits per heavy atom. The number of benzene rings is 3. The van der Waals surface area contributed by atoms with Crippen LogP contribution in [0.15, 0.2) is 182 Å². The monoisotopic (exact) mass is 645 g/mol. The molecule has 1 unspecified atom stereocenters. The maximum atomic E-state index is 5.16. The van der Waals surface area contributed by atoms with Crippen molar-refractivity contribution in [2.24, 2.45) is 4.99 Å². The molecule has 0 radical (unpaired) electrons. The number of hydrogen-bond acceptors (Lipinski definition) is 1. The first-order chi connectivity index (χ1) is 24.5. The Morgan fingerprint density at radius 2 is 1.76 bits per heavy atom. The summed E-state index contributed by atoms with van der Waals surface area (Å²) in [6, 6.07) is 36.5. The van der Waals surface area contributed by atoms with Gasteiger partial charge in [0.1, 0.15) is 0 Å². The zero-order chi connectivity index (χ0) is 34.9. The number of rotatable bonds is 9. The molecular formula is C49H43N. The van der Waals surface area contributed by atoms with Crippen LogP contribution in [0, 0.1) is 12.1 Å². The van der Waals surface area contributed by atoms with E-state index >= 15 is 0 Å². The van der Waals surface area contributed by atoms with E-state index in [0.29, 0.717) is 5.92 Å². The number of nitrogens with zero attached hydrogens (tertiary/aromatic N) is 1. The summed E-state index contributed by atoms with van der Waals surface area (Å²) in [6.07, 6.45) is 23.8. The molecule has 0 fully saturated rings. The van der Waals surface area contributed by atoms with Crippen LogP contribution in [0.5, 0.6) is 0 Å². The second-order valence-corrected chi connectivity index (χ2v) is 12.7. The molecule has 0 heterocycles. The summed E-state index contributed by atoms with van der Waals surface area (Å²) in [4.78, 5) is 5.16. The van der Waals surface area contributed by atoms with Gasteiger partial charge in [0, 0.05) is 11.3 Å². The molecule has 4 aromatic carbocycles. The molecular weight excluding hydrogens is 603 g/mol. The average molecular weight is 646 g/mol. The third-order valence-corrected chi connectivity index (χ3v) is 9.39. The molecule has 2 aliphatic carbocycles. The highest BCUT2D eigenvalue weighted by molar-refractivity contribution is 6.04. The Bertz CT molecular complexity index is 2140. The van der Waals surface area contributed by atoms with Crippen molar-refractivity contribution in [3.63, 3.8) is 0 Å². The van der Waals surface area contributed by atoms with E-state index < -0.39 is 0 Å². The topological polar surface area (TPSA) is 12.4 Å². The maximum Gasteiger partial charge on any atom is 0.0718 e. The van der Waals surface area contributed by atoms with Crippen LogP contribution < -0.4 is 0 Å². The molecule has 0 N–H and O–H groups in total. The van der Waals surface area contributed by atoms with Gasteiger partial charge in [-0.25, -0.2) is 0 Å².